The third-order valence-electron chi connectivity index (χ3n) is 2.58. The number of nitrogens with zero attached hydrogens (tertiary/aromatic N) is 1. The van der Waals surface area contributed by atoms with Gasteiger partial charge in [0.1, 0.15) is 0 Å². The summed E-state index contributed by atoms with van der Waals surface area (Å²) in [7, 11) is 0. The first-order valence-corrected chi connectivity index (χ1v) is 6.81. The molecule has 0 aliphatic heterocycles. The third kappa shape index (κ3) is 2.31. The molecule has 0 N–H and O–H groups in total. The second-order valence-electron chi connectivity index (χ2n) is 3.84. The second-order valence-corrected chi connectivity index (χ2v) is 4.58. The fraction of sp³-hybridized carbons (Fsp3) is 0.385. The summed E-state index contributed by atoms with van der Waals surface area (Å²) in [6.07, 6.45) is 0.640. The zero-order chi connectivity index (χ0) is 13.1. The molecule has 0 spiro atoms. The van der Waals surface area contributed by atoms with Gasteiger partial charge < -0.3 is 9.15 Å². The van der Waals surface area contributed by atoms with Gasteiger partial charge >= 0.3 is 5.97 Å². The minimum Gasteiger partial charge on any atom is -0.460 e. The zero-order valence-electron chi connectivity index (χ0n) is 10.6. The highest BCUT2D eigenvalue weighted by molar-refractivity contribution is 7.08. The smallest absolute Gasteiger partial charge is 0.376 e. The quantitative estimate of drug-likeness (QED) is 0.794. The van der Waals surface area contributed by atoms with Crippen LogP contribution in [-0.2, 0) is 11.2 Å². The molecule has 2 rings (SSSR count). The number of aromatic nitrogens is 1. The molecule has 4 nitrogen and oxygen atoms in total. The van der Waals surface area contributed by atoms with E-state index in [-0.39, 0.29) is 5.76 Å². The van der Waals surface area contributed by atoms with E-state index < -0.39 is 5.97 Å². The van der Waals surface area contributed by atoms with Crippen molar-refractivity contribution >= 4 is 17.3 Å². The zero-order valence-corrected chi connectivity index (χ0v) is 11.5. The summed E-state index contributed by atoms with van der Waals surface area (Å²) in [5, 5.41) is 3.99. The van der Waals surface area contributed by atoms with Crippen LogP contribution in [0.5, 0.6) is 0 Å². The molecule has 0 aliphatic carbocycles. The summed E-state index contributed by atoms with van der Waals surface area (Å²) in [6.45, 7) is 6.02. The molecule has 0 bridgehead atoms. The van der Waals surface area contributed by atoms with Gasteiger partial charge in [-0.1, -0.05) is 6.92 Å². The number of hydrogen-bond donors (Lipinski definition) is 0. The van der Waals surface area contributed by atoms with Gasteiger partial charge in [-0.2, -0.15) is 11.3 Å². The molecule has 18 heavy (non-hydrogen) atoms. The lowest BCUT2D eigenvalue weighted by Gasteiger charge is -1.98. The maximum absolute atomic E-state index is 11.7. The van der Waals surface area contributed by atoms with E-state index in [1.54, 1.807) is 18.3 Å². The Labute approximate surface area is 110 Å². The van der Waals surface area contributed by atoms with Crippen molar-refractivity contribution in [2.75, 3.05) is 6.61 Å². The van der Waals surface area contributed by atoms with Gasteiger partial charge in [-0.05, 0) is 31.2 Å². The van der Waals surface area contributed by atoms with Gasteiger partial charge in [-0.3, -0.25) is 0 Å². The van der Waals surface area contributed by atoms with Crippen LogP contribution in [0, 0.1) is 6.92 Å². The van der Waals surface area contributed by atoms with Crippen molar-refractivity contribution in [1.82, 2.24) is 4.98 Å². The third-order valence-corrected chi connectivity index (χ3v) is 3.44. The van der Waals surface area contributed by atoms with Crippen molar-refractivity contribution in [2.24, 2.45) is 0 Å². The van der Waals surface area contributed by atoms with Gasteiger partial charge in [0.05, 0.1) is 17.9 Å². The van der Waals surface area contributed by atoms with E-state index in [1.165, 1.54) is 0 Å². The van der Waals surface area contributed by atoms with E-state index in [2.05, 4.69) is 4.98 Å². The Bertz CT molecular complexity index is 556. The summed E-state index contributed by atoms with van der Waals surface area (Å²) in [5.41, 5.74) is 2.68. The van der Waals surface area contributed by atoms with Crippen LogP contribution >= 0.6 is 11.3 Å². The van der Waals surface area contributed by atoms with E-state index in [1.807, 2.05) is 24.6 Å². The lowest BCUT2D eigenvalue weighted by molar-refractivity contribution is 0.0489. The predicted octanol–water partition coefficient (Wildman–Crippen LogP) is 3.45. The Morgan fingerprint density at radius 1 is 1.44 bits per heavy atom. The second kappa shape index (κ2) is 5.35. The summed E-state index contributed by atoms with van der Waals surface area (Å²) in [6, 6.07) is 0. The number of carbonyl (C=O) groups excluding carboxylic acids is 1. The highest BCUT2D eigenvalue weighted by atomic mass is 32.1. The first kappa shape index (κ1) is 12.8. The van der Waals surface area contributed by atoms with E-state index in [9.17, 15) is 4.79 Å². The van der Waals surface area contributed by atoms with Crippen LogP contribution in [0.2, 0.25) is 0 Å². The standard InChI is InChI=1S/C13H15NO3S/c1-4-10-11(13(15)16-5-2)17-12(14-10)9-7-18-6-8(9)3/h6-7H,4-5H2,1-3H3. The van der Waals surface area contributed by atoms with Crippen LogP contribution in [0.1, 0.15) is 35.7 Å². The SMILES string of the molecule is CCOC(=O)c1oc(-c2cscc2C)nc1CC. The Morgan fingerprint density at radius 3 is 2.78 bits per heavy atom. The van der Waals surface area contributed by atoms with Gasteiger partial charge in [0.25, 0.3) is 0 Å². The van der Waals surface area contributed by atoms with Crippen LogP contribution in [0.3, 0.4) is 0 Å². The summed E-state index contributed by atoms with van der Waals surface area (Å²) < 4.78 is 10.5. The molecule has 0 unspecified atom stereocenters. The van der Waals surface area contributed by atoms with Gasteiger partial charge in [-0.25, -0.2) is 9.78 Å². The van der Waals surface area contributed by atoms with E-state index in [4.69, 9.17) is 9.15 Å². The number of aryl methyl sites for hydroxylation is 2. The fourth-order valence-corrected chi connectivity index (χ4v) is 2.46. The molecule has 5 heteroatoms. The molecule has 2 aromatic rings. The molecular weight excluding hydrogens is 250 g/mol. The average molecular weight is 265 g/mol. The molecule has 2 aromatic heterocycles. The topological polar surface area (TPSA) is 52.3 Å². The lowest BCUT2D eigenvalue weighted by Crippen LogP contribution is -2.05. The number of oxazole rings is 1. The normalized spacial score (nSPS) is 10.6. The highest BCUT2D eigenvalue weighted by Crippen LogP contribution is 2.28. The lowest BCUT2D eigenvalue weighted by atomic mass is 10.2. The maximum Gasteiger partial charge on any atom is 0.376 e. The number of esters is 1. The molecule has 0 aliphatic rings. The highest BCUT2D eigenvalue weighted by Gasteiger charge is 2.21. The van der Waals surface area contributed by atoms with Crippen molar-refractivity contribution in [3.05, 3.63) is 27.8 Å². The van der Waals surface area contributed by atoms with E-state index >= 15 is 0 Å². The summed E-state index contributed by atoms with van der Waals surface area (Å²) >= 11 is 1.59. The molecule has 0 aromatic carbocycles. The predicted molar refractivity (Wildman–Crippen MR) is 69.9 cm³/mol. The van der Waals surface area contributed by atoms with Gasteiger partial charge in [0, 0.05) is 5.38 Å². The average Bonchev–Trinajstić information content (AvgIpc) is 2.94. The molecule has 0 fully saturated rings. The molecule has 96 valence electrons. The van der Waals surface area contributed by atoms with Gasteiger partial charge in [0.15, 0.2) is 0 Å². The Hall–Kier alpha value is -1.62. The van der Waals surface area contributed by atoms with Crippen LogP contribution in [0.4, 0.5) is 0 Å². The van der Waals surface area contributed by atoms with Crippen LogP contribution in [0.25, 0.3) is 11.5 Å². The first-order chi connectivity index (χ1) is 8.67. The number of thiophene rings is 1. The van der Waals surface area contributed by atoms with Crippen molar-refractivity contribution in [3.63, 3.8) is 0 Å². The summed E-state index contributed by atoms with van der Waals surface area (Å²) in [4.78, 5) is 16.1. The van der Waals surface area contributed by atoms with Crippen molar-refractivity contribution in [2.45, 2.75) is 27.2 Å². The summed E-state index contributed by atoms with van der Waals surface area (Å²) in [5.74, 6) is 0.273. The number of hydrogen-bond acceptors (Lipinski definition) is 5. The maximum atomic E-state index is 11.7. The monoisotopic (exact) mass is 265 g/mol. The Morgan fingerprint density at radius 2 is 2.22 bits per heavy atom. The molecule has 2 heterocycles. The Kier molecular flexibility index (Phi) is 3.81. The first-order valence-electron chi connectivity index (χ1n) is 5.87. The molecule has 0 saturated heterocycles. The largest absolute Gasteiger partial charge is 0.460 e. The van der Waals surface area contributed by atoms with Crippen molar-refractivity contribution in [3.8, 4) is 11.5 Å². The molecular formula is C13H15NO3S. The number of ether oxygens (including phenoxy) is 1. The molecule has 0 radical (unpaired) electrons. The number of carbonyl (C=O) groups is 1. The van der Waals surface area contributed by atoms with E-state index in [0.717, 1.165) is 11.1 Å². The number of rotatable bonds is 4. The Balaban J connectivity index is 2.41. The van der Waals surface area contributed by atoms with Gasteiger partial charge in [0.2, 0.25) is 11.7 Å². The molecule has 0 atom stereocenters. The van der Waals surface area contributed by atoms with Crippen LogP contribution < -0.4 is 0 Å². The van der Waals surface area contributed by atoms with Crippen molar-refractivity contribution in [1.29, 1.82) is 0 Å². The van der Waals surface area contributed by atoms with Crippen LogP contribution in [0.15, 0.2) is 15.2 Å². The van der Waals surface area contributed by atoms with Crippen molar-refractivity contribution < 1.29 is 13.9 Å². The minimum atomic E-state index is -0.444. The molecule has 0 saturated carbocycles. The fourth-order valence-electron chi connectivity index (χ4n) is 1.64. The minimum absolute atomic E-state index is 0.222. The van der Waals surface area contributed by atoms with E-state index in [0.29, 0.717) is 24.6 Å². The van der Waals surface area contributed by atoms with Crippen LogP contribution in [-0.4, -0.2) is 17.6 Å². The van der Waals surface area contributed by atoms with Gasteiger partial charge in [-0.15, -0.1) is 0 Å². The molecule has 0 amide bonds.